The van der Waals surface area contributed by atoms with E-state index in [-0.39, 0.29) is 0 Å². The molecule has 2 aromatic rings. The molecule has 1 aliphatic rings. The van der Waals surface area contributed by atoms with E-state index in [0.29, 0.717) is 12.5 Å². The molecule has 4 heteroatoms. The molecule has 0 spiro atoms. The van der Waals surface area contributed by atoms with E-state index in [4.69, 9.17) is 4.74 Å². The second kappa shape index (κ2) is 6.77. The summed E-state index contributed by atoms with van der Waals surface area (Å²) in [6.07, 6.45) is 3.34. The van der Waals surface area contributed by atoms with E-state index < -0.39 is 0 Å². The Balaban J connectivity index is 1.76. The molecule has 1 fully saturated rings. The van der Waals surface area contributed by atoms with E-state index in [1.807, 2.05) is 6.07 Å². The molecule has 1 aliphatic heterocycles. The van der Waals surface area contributed by atoms with Gasteiger partial charge in [-0.05, 0) is 31.7 Å². The molecular formula is C18H23N3O. The lowest BCUT2D eigenvalue weighted by atomic mass is 10.1. The van der Waals surface area contributed by atoms with E-state index in [9.17, 15) is 0 Å². The molecule has 2 heterocycles. The first-order chi connectivity index (χ1) is 10.7. The SMILES string of the molecule is CCc1cc(OCc2cccc(C)c2)nc(N2CCCC2)n1. The number of aryl methyl sites for hydroxylation is 2. The highest BCUT2D eigenvalue weighted by molar-refractivity contribution is 5.35. The lowest BCUT2D eigenvalue weighted by Crippen LogP contribution is -2.21. The highest BCUT2D eigenvalue weighted by Crippen LogP contribution is 2.21. The minimum atomic E-state index is 0.543. The van der Waals surface area contributed by atoms with Crippen molar-refractivity contribution < 1.29 is 4.74 Å². The highest BCUT2D eigenvalue weighted by Gasteiger charge is 2.16. The van der Waals surface area contributed by atoms with Gasteiger partial charge < -0.3 is 9.64 Å². The molecule has 3 rings (SSSR count). The van der Waals surface area contributed by atoms with Crippen LogP contribution in [0.15, 0.2) is 30.3 Å². The minimum absolute atomic E-state index is 0.543. The predicted octanol–water partition coefficient (Wildman–Crippen LogP) is 3.53. The Morgan fingerprint density at radius 2 is 1.95 bits per heavy atom. The van der Waals surface area contributed by atoms with Crippen LogP contribution in [-0.4, -0.2) is 23.1 Å². The van der Waals surface area contributed by atoms with Crippen molar-refractivity contribution in [1.29, 1.82) is 0 Å². The van der Waals surface area contributed by atoms with Gasteiger partial charge in [0, 0.05) is 24.8 Å². The molecule has 0 unspecified atom stereocenters. The zero-order valence-corrected chi connectivity index (χ0v) is 13.4. The second-order valence-electron chi connectivity index (χ2n) is 5.82. The van der Waals surface area contributed by atoms with Gasteiger partial charge in [-0.25, -0.2) is 4.98 Å². The molecule has 0 atom stereocenters. The number of anilines is 1. The Morgan fingerprint density at radius 1 is 1.14 bits per heavy atom. The van der Waals surface area contributed by atoms with Crippen LogP contribution < -0.4 is 9.64 Å². The number of hydrogen-bond donors (Lipinski definition) is 0. The van der Waals surface area contributed by atoms with Gasteiger partial charge in [-0.3, -0.25) is 0 Å². The van der Waals surface area contributed by atoms with Crippen molar-refractivity contribution in [2.45, 2.75) is 39.7 Å². The van der Waals surface area contributed by atoms with Gasteiger partial charge in [0.2, 0.25) is 11.8 Å². The van der Waals surface area contributed by atoms with E-state index in [1.165, 1.54) is 24.0 Å². The van der Waals surface area contributed by atoms with E-state index in [1.54, 1.807) is 0 Å². The molecule has 116 valence electrons. The molecule has 22 heavy (non-hydrogen) atoms. The Bertz CT molecular complexity index is 636. The van der Waals surface area contributed by atoms with Gasteiger partial charge in [-0.2, -0.15) is 4.98 Å². The summed E-state index contributed by atoms with van der Waals surface area (Å²) in [5.74, 6) is 1.49. The second-order valence-corrected chi connectivity index (χ2v) is 5.82. The third-order valence-corrected chi connectivity index (χ3v) is 3.96. The van der Waals surface area contributed by atoms with Crippen LogP contribution in [0, 0.1) is 6.92 Å². The van der Waals surface area contributed by atoms with Crippen LogP contribution in [0.25, 0.3) is 0 Å². The monoisotopic (exact) mass is 297 g/mol. The molecule has 1 aromatic carbocycles. The number of aromatic nitrogens is 2. The fraction of sp³-hybridized carbons (Fsp3) is 0.444. The Kier molecular flexibility index (Phi) is 4.56. The highest BCUT2D eigenvalue weighted by atomic mass is 16.5. The molecule has 0 bridgehead atoms. The lowest BCUT2D eigenvalue weighted by Gasteiger charge is -2.17. The Morgan fingerprint density at radius 3 is 2.68 bits per heavy atom. The van der Waals surface area contributed by atoms with Crippen LogP contribution in [0.1, 0.15) is 36.6 Å². The van der Waals surface area contributed by atoms with Crippen LogP contribution in [0.4, 0.5) is 5.95 Å². The number of rotatable bonds is 5. The first kappa shape index (κ1) is 14.8. The molecule has 0 radical (unpaired) electrons. The van der Waals surface area contributed by atoms with Gasteiger partial charge in [-0.15, -0.1) is 0 Å². The van der Waals surface area contributed by atoms with Gasteiger partial charge in [0.05, 0.1) is 0 Å². The normalized spacial score (nSPS) is 14.4. The number of nitrogens with zero attached hydrogens (tertiary/aromatic N) is 3. The maximum Gasteiger partial charge on any atom is 0.228 e. The van der Waals surface area contributed by atoms with Crippen molar-refractivity contribution in [2.75, 3.05) is 18.0 Å². The quantitative estimate of drug-likeness (QED) is 0.846. The van der Waals surface area contributed by atoms with Gasteiger partial charge in [0.25, 0.3) is 0 Å². The van der Waals surface area contributed by atoms with Crippen molar-refractivity contribution in [2.24, 2.45) is 0 Å². The summed E-state index contributed by atoms with van der Waals surface area (Å²) in [5, 5.41) is 0. The third kappa shape index (κ3) is 3.56. The molecular weight excluding hydrogens is 274 g/mol. The Labute approximate surface area is 132 Å². The zero-order valence-electron chi connectivity index (χ0n) is 13.4. The van der Waals surface area contributed by atoms with Gasteiger partial charge in [0.1, 0.15) is 6.61 Å². The van der Waals surface area contributed by atoms with Crippen LogP contribution >= 0.6 is 0 Å². The van der Waals surface area contributed by atoms with E-state index in [0.717, 1.165) is 31.2 Å². The number of ether oxygens (including phenoxy) is 1. The fourth-order valence-electron chi connectivity index (χ4n) is 2.73. The number of benzene rings is 1. The van der Waals surface area contributed by atoms with Gasteiger partial charge >= 0.3 is 0 Å². The van der Waals surface area contributed by atoms with Crippen molar-refractivity contribution in [3.05, 3.63) is 47.2 Å². The zero-order chi connectivity index (χ0) is 15.4. The average Bonchev–Trinajstić information content (AvgIpc) is 3.07. The van der Waals surface area contributed by atoms with Crippen molar-refractivity contribution in [3.8, 4) is 5.88 Å². The molecule has 0 amide bonds. The molecule has 1 saturated heterocycles. The summed E-state index contributed by atoms with van der Waals surface area (Å²) in [4.78, 5) is 11.5. The van der Waals surface area contributed by atoms with Crippen LogP contribution in [0.2, 0.25) is 0 Å². The molecule has 4 nitrogen and oxygen atoms in total. The van der Waals surface area contributed by atoms with Crippen LogP contribution in [-0.2, 0) is 13.0 Å². The molecule has 0 saturated carbocycles. The first-order valence-electron chi connectivity index (χ1n) is 8.06. The van der Waals surface area contributed by atoms with E-state index >= 15 is 0 Å². The largest absolute Gasteiger partial charge is 0.473 e. The maximum absolute atomic E-state index is 5.91. The minimum Gasteiger partial charge on any atom is -0.473 e. The smallest absolute Gasteiger partial charge is 0.228 e. The standard InChI is InChI=1S/C18H23N3O/c1-3-16-12-17(20-18(19-16)21-9-4-5-10-21)22-13-15-8-6-7-14(2)11-15/h6-8,11-12H,3-5,9-10,13H2,1-2H3. The van der Waals surface area contributed by atoms with Crippen LogP contribution in [0.5, 0.6) is 5.88 Å². The summed E-state index contributed by atoms with van der Waals surface area (Å²) < 4.78 is 5.91. The average molecular weight is 297 g/mol. The summed E-state index contributed by atoms with van der Waals surface area (Å²) in [6.45, 7) is 6.84. The van der Waals surface area contributed by atoms with E-state index in [2.05, 4.69) is 53.0 Å². The topological polar surface area (TPSA) is 38.2 Å². The predicted molar refractivity (Wildman–Crippen MR) is 88.4 cm³/mol. The molecule has 0 N–H and O–H groups in total. The maximum atomic E-state index is 5.91. The summed E-state index contributed by atoms with van der Waals surface area (Å²) >= 11 is 0. The fourth-order valence-corrected chi connectivity index (χ4v) is 2.73. The summed E-state index contributed by atoms with van der Waals surface area (Å²) in [6, 6.07) is 10.3. The molecule has 1 aromatic heterocycles. The number of hydrogen-bond acceptors (Lipinski definition) is 4. The first-order valence-corrected chi connectivity index (χ1v) is 8.06. The van der Waals surface area contributed by atoms with Gasteiger partial charge in [0.15, 0.2) is 0 Å². The van der Waals surface area contributed by atoms with Crippen LogP contribution in [0.3, 0.4) is 0 Å². The Hall–Kier alpha value is -2.10. The van der Waals surface area contributed by atoms with Crippen molar-refractivity contribution >= 4 is 5.95 Å². The summed E-state index contributed by atoms with van der Waals surface area (Å²) in [7, 11) is 0. The van der Waals surface area contributed by atoms with Crippen molar-refractivity contribution in [1.82, 2.24) is 9.97 Å². The lowest BCUT2D eigenvalue weighted by molar-refractivity contribution is 0.293. The molecule has 0 aliphatic carbocycles. The summed E-state index contributed by atoms with van der Waals surface area (Å²) in [5.41, 5.74) is 3.45. The van der Waals surface area contributed by atoms with Crippen molar-refractivity contribution in [3.63, 3.8) is 0 Å². The third-order valence-electron chi connectivity index (χ3n) is 3.96. The van der Waals surface area contributed by atoms with Gasteiger partial charge in [-0.1, -0.05) is 36.8 Å².